The Morgan fingerprint density at radius 2 is 1.93 bits per heavy atom. The number of oxazole rings is 1. The second kappa shape index (κ2) is 7.11. The van der Waals surface area contributed by atoms with Gasteiger partial charge in [0, 0.05) is 16.6 Å². The lowest BCUT2D eigenvalue weighted by Crippen LogP contribution is -2.22. The summed E-state index contributed by atoms with van der Waals surface area (Å²) >= 11 is 7.42. The van der Waals surface area contributed by atoms with Gasteiger partial charge in [-0.1, -0.05) is 35.5 Å². The van der Waals surface area contributed by atoms with Crippen molar-refractivity contribution in [2.75, 3.05) is 0 Å². The maximum Gasteiger partial charge on any atom is 0.262 e. The molecule has 0 N–H and O–H groups in total. The molecule has 0 radical (unpaired) electrons. The van der Waals surface area contributed by atoms with Gasteiger partial charge in [-0.05, 0) is 49.2 Å². The average Bonchev–Trinajstić information content (AvgIpc) is 3.43. The van der Waals surface area contributed by atoms with Crippen LogP contribution in [0.4, 0.5) is 0 Å². The molecule has 4 aromatic rings. The van der Waals surface area contributed by atoms with Crippen molar-refractivity contribution < 1.29 is 4.42 Å². The fourth-order valence-corrected chi connectivity index (χ4v) is 4.18. The molecular formula is C21H16ClN3O2S. The van der Waals surface area contributed by atoms with Crippen LogP contribution in [0.2, 0.25) is 5.02 Å². The zero-order valence-corrected chi connectivity index (χ0v) is 16.4. The molecule has 5 nitrogen and oxygen atoms in total. The van der Waals surface area contributed by atoms with E-state index in [0.29, 0.717) is 27.8 Å². The van der Waals surface area contributed by atoms with Gasteiger partial charge in [-0.2, -0.15) is 0 Å². The van der Waals surface area contributed by atoms with Gasteiger partial charge in [0.15, 0.2) is 10.9 Å². The van der Waals surface area contributed by atoms with E-state index in [0.717, 1.165) is 29.1 Å². The fraction of sp³-hybridized carbons (Fsp3) is 0.190. The van der Waals surface area contributed by atoms with Crippen LogP contribution in [-0.2, 0) is 5.75 Å². The van der Waals surface area contributed by atoms with E-state index in [1.54, 1.807) is 6.20 Å². The van der Waals surface area contributed by atoms with Crippen LogP contribution in [0.25, 0.3) is 22.2 Å². The van der Waals surface area contributed by atoms with Crippen molar-refractivity contribution in [1.29, 1.82) is 0 Å². The van der Waals surface area contributed by atoms with E-state index >= 15 is 0 Å². The molecule has 2 aromatic carbocycles. The quantitative estimate of drug-likeness (QED) is 0.329. The van der Waals surface area contributed by atoms with Crippen molar-refractivity contribution in [1.82, 2.24) is 14.5 Å². The second-order valence-electron chi connectivity index (χ2n) is 6.73. The molecule has 1 fully saturated rings. The number of hydrogen-bond acceptors (Lipinski definition) is 5. The van der Waals surface area contributed by atoms with Crippen molar-refractivity contribution in [2.24, 2.45) is 0 Å². The molecule has 0 atom stereocenters. The number of thioether (sulfide) groups is 1. The second-order valence-corrected chi connectivity index (χ2v) is 8.11. The maximum absolute atomic E-state index is 12.9. The largest absolute Gasteiger partial charge is 0.440 e. The third-order valence-corrected chi connectivity index (χ3v) is 5.88. The molecule has 5 rings (SSSR count). The molecular weight excluding hydrogens is 394 g/mol. The van der Waals surface area contributed by atoms with Crippen molar-refractivity contribution >= 4 is 34.3 Å². The number of benzene rings is 2. The number of rotatable bonds is 5. The van der Waals surface area contributed by atoms with E-state index in [4.69, 9.17) is 21.0 Å². The van der Waals surface area contributed by atoms with Gasteiger partial charge in [-0.25, -0.2) is 9.97 Å². The van der Waals surface area contributed by atoms with Gasteiger partial charge in [0.1, 0.15) is 0 Å². The first kappa shape index (κ1) is 17.5. The Labute approximate surface area is 170 Å². The van der Waals surface area contributed by atoms with Crippen molar-refractivity contribution in [3.05, 3.63) is 76.0 Å². The van der Waals surface area contributed by atoms with E-state index in [2.05, 4.69) is 4.98 Å². The van der Waals surface area contributed by atoms with Crippen LogP contribution in [0.5, 0.6) is 0 Å². The molecule has 7 heteroatoms. The standard InChI is InChI=1S/C21H16ClN3O2S/c22-14-7-5-13(6-8-14)18-11-23-19(27-18)12-28-21-24-17-4-2-1-3-16(17)20(26)25(21)15-9-10-15/h1-8,11,15H,9-10,12H2. The van der Waals surface area contributed by atoms with Gasteiger partial charge in [0.25, 0.3) is 5.56 Å². The molecule has 2 heterocycles. The normalized spacial score (nSPS) is 13.9. The van der Waals surface area contributed by atoms with Crippen LogP contribution in [0.1, 0.15) is 24.8 Å². The minimum absolute atomic E-state index is 0.0323. The number of nitrogens with zero attached hydrogens (tertiary/aromatic N) is 3. The minimum atomic E-state index is 0.0323. The van der Waals surface area contributed by atoms with Gasteiger partial charge in [-0.15, -0.1) is 0 Å². The predicted molar refractivity (Wildman–Crippen MR) is 111 cm³/mol. The van der Waals surface area contributed by atoms with Crippen LogP contribution in [-0.4, -0.2) is 14.5 Å². The van der Waals surface area contributed by atoms with E-state index in [1.807, 2.05) is 53.1 Å². The van der Waals surface area contributed by atoms with Crippen molar-refractivity contribution in [3.8, 4) is 11.3 Å². The molecule has 2 aromatic heterocycles. The lowest BCUT2D eigenvalue weighted by Gasteiger charge is -2.11. The summed E-state index contributed by atoms with van der Waals surface area (Å²) in [7, 11) is 0. The Hall–Kier alpha value is -2.57. The SMILES string of the molecule is O=c1c2ccccc2nc(SCc2ncc(-c3ccc(Cl)cc3)o2)n1C1CC1. The van der Waals surface area contributed by atoms with Crippen LogP contribution >= 0.6 is 23.4 Å². The molecule has 1 saturated carbocycles. The third-order valence-electron chi connectivity index (χ3n) is 4.69. The van der Waals surface area contributed by atoms with E-state index in [9.17, 15) is 4.79 Å². The summed E-state index contributed by atoms with van der Waals surface area (Å²) in [5.41, 5.74) is 1.68. The summed E-state index contributed by atoms with van der Waals surface area (Å²) in [6.45, 7) is 0. The lowest BCUT2D eigenvalue weighted by molar-refractivity contribution is 0.529. The molecule has 0 spiro atoms. The summed E-state index contributed by atoms with van der Waals surface area (Å²) in [4.78, 5) is 22.0. The van der Waals surface area contributed by atoms with Gasteiger partial charge in [-0.3, -0.25) is 9.36 Å². The minimum Gasteiger partial charge on any atom is -0.440 e. The Bertz CT molecular complexity index is 1210. The van der Waals surface area contributed by atoms with Gasteiger partial charge >= 0.3 is 0 Å². The monoisotopic (exact) mass is 409 g/mol. The van der Waals surface area contributed by atoms with Crippen LogP contribution in [0, 0.1) is 0 Å². The molecule has 0 unspecified atom stereocenters. The zero-order chi connectivity index (χ0) is 19.1. The molecule has 0 saturated heterocycles. The smallest absolute Gasteiger partial charge is 0.262 e. The number of fused-ring (bicyclic) bond motifs is 1. The van der Waals surface area contributed by atoms with E-state index < -0.39 is 0 Å². The Morgan fingerprint density at radius 1 is 1.14 bits per heavy atom. The number of halogens is 1. The van der Waals surface area contributed by atoms with Crippen LogP contribution in [0.15, 0.2) is 69.1 Å². The van der Waals surface area contributed by atoms with E-state index in [1.165, 1.54) is 11.8 Å². The summed E-state index contributed by atoms with van der Waals surface area (Å²) in [5.74, 6) is 1.79. The average molecular weight is 410 g/mol. The first-order valence-electron chi connectivity index (χ1n) is 9.04. The summed E-state index contributed by atoms with van der Waals surface area (Å²) in [5, 5.41) is 2.07. The van der Waals surface area contributed by atoms with Crippen LogP contribution < -0.4 is 5.56 Å². The summed E-state index contributed by atoms with van der Waals surface area (Å²) < 4.78 is 7.70. The number of aromatic nitrogens is 3. The van der Waals surface area contributed by atoms with Crippen molar-refractivity contribution in [2.45, 2.75) is 29.8 Å². The highest BCUT2D eigenvalue weighted by Gasteiger charge is 2.28. The Morgan fingerprint density at radius 3 is 2.71 bits per heavy atom. The number of para-hydroxylation sites is 1. The number of hydrogen-bond donors (Lipinski definition) is 0. The topological polar surface area (TPSA) is 60.9 Å². The molecule has 1 aliphatic carbocycles. The van der Waals surface area contributed by atoms with E-state index in [-0.39, 0.29) is 11.6 Å². The highest BCUT2D eigenvalue weighted by Crippen LogP contribution is 2.37. The highest BCUT2D eigenvalue weighted by atomic mass is 35.5. The first-order valence-corrected chi connectivity index (χ1v) is 10.4. The lowest BCUT2D eigenvalue weighted by atomic mass is 10.2. The van der Waals surface area contributed by atoms with Gasteiger partial charge < -0.3 is 4.42 Å². The van der Waals surface area contributed by atoms with Gasteiger partial charge in [0.05, 0.1) is 22.9 Å². The Kier molecular flexibility index (Phi) is 4.45. The predicted octanol–water partition coefficient (Wildman–Crippen LogP) is 5.33. The summed E-state index contributed by atoms with van der Waals surface area (Å²) in [6, 6.07) is 15.2. The maximum atomic E-state index is 12.9. The first-order chi connectivity index (χ1) is 13.7. The molecule has 0 bridgehead atoms. The molecule has 1 aliphatic rings. The zero-order valence-electron chi connectivity index (χ0n) is 14.8. The molecule has 140 valence electrons. The molecule has 0 aliphatic heterocycles. The molecule has 28 heavy (non-hydrogen) atoms. The fourth-order valence-electron chi connectivity index (χ4n) is 3.13. The third kappa shape index (κ3) is 3.34. The van der Waals surface area contributed by atoms with Crippen molar-refractivity contribution in [3.63, 3.8) is 0 Å². The highest BCUT2D eigenvalue weighted by molar-refractivity contribution is 7.98. The summed E-state index contributed by atoms with van der Waals surface area (Å²) in [6.07, 6.45) is 3.75. The Balaban J connectivity index is 1.43. The van der Waals surface area contributed by atoms with Crippen LogP contribution in [0.3, 0.4) is 0 Å². The molecule has 0 amide bonds. The van der Waals surface area contributed by atoms with Gasteiger partial charge in [0.2, 0.25) is 5.89 Å².